The summed E-state index contributed by atoms with van der Waals surface area (Å²) in [4.78, 5) is 35.4. The Morgan fingerprint density at radius 2 is 1.74 bits per heavy atom. The Morgan fingerprint density at radius 3 is 2.19 bits per heavy atom. The molecule has 0 radical (unpaired) electrons. The van der Waals surface area contributed by atoms with E-state index in [0.717, 1.165) is 18.4 Å². The molecule has 1 aromatic rings. The number of ether oxygens (including phenoxy) is 1. The maximum absolute atomic E-state index is 12.4. The quantitative estimate of drug-likeness (QED) is 0.384. The summed E-state index contributed by atoms with van der Waals surface area (Å²) >= 11 is 3.39. The number of hydrogen-bond donors (Lipinski definition) is 1. The van der Waals surface area contributed by atoms with Crippen molar-refractivity contribution < 1.29 is 24.2 Å². The molecule has 5 nitrogen and oxygen atoms in total. The fraction of sp³-hybridized carbons (Fsp3) is 0.571. The van der Waals surface area contributed by atoms with E-state index in [9.17, 15) is 19.5 Å². The second kappa shape index (κ2) is 8.55. The molecule has 6 heteroatoms. The second-order valence-electron chi connectivity index (χ2n) is 7.95. The number of hydrogen-bond acceptors (Lipinski definition) is 4. The first-order chi connectivity index (χ1) is 12.6. The summed E-state index contributed by atoms with van der Waals surface area (Å²) in [6.07, 6.45) is 3.42. The molecule has 1 aromatic carbocycles. The fourth-order valence-electron chi connectivity index (χ4n) is 3.93. The maximum Gasteiger partial charge on any atom is 0.305 e. The third-order valence-electron chi connectivity index (χ3n) is 5.53. The van der Waals surface area contributed by atoms with Gasteiger partial charge in [0.15, 0.2) is 5.78 Å². The molecule has 27 heavy (non-hydrogen) atoms. The number of esters is 1. The van der Waals surface area contributed by atoms with E-state index in [-0.39, 0.29) is 24.1 Å². The van der Waals surface area contributed by atoms with Crippen molar-refractivity contribution in [1.29, 1.82) is 0 Å². The topological polar surface area (TPSA) is 80.7 Å². The minimum absolute atomic E-state index is 0.0110. The molecule has 1 N–H and O–H groups in total. The van der Waals surface area contributed by atoms with Crippen LogP contribution in [0.4, 0.5) is 0 Å². The molecule has 0 saturated heterocycles. The maximum atomic E-state index is 12.4. The minimum Gasteiger partial charge on any atom is -0.481 e. The molecule has 0 aromatic heterocycles. The SMILES string of the molecule is COC(=O)CC1CCC(CC(=O)O)(c2ccc(C(=O)C(C)(C)Br)cc2)CC1. The van der Waals surface area contributed by atoms with Crippen molar-refractivity contribution in [2.45, 2.75) is 62.1 Å². The molecular formula is C21H27BrO5. The monoisotopic (exact) mass is 438 g/mol. The summed E-state index contributed by atoms with van der Waals surface area (Å²) in [5, 5.41) is 9.46. The van der Waals surface area contributed by atoms with E-state index < -0.39 is 15.7 Å². The molecule has 0 atom stereocenters. The molecular weight excluding hydrogens is 412 g/mol. The lowest BCUT2D eigenvalue weighted by atomic mass is 9.64. The van der Waals surface area contributed by atoms with Crippen LogP contribution < -0.4 is 0 Å². The van der Waals surface area contributed by atoms with Crippen molar-refractivity contribution in [3.8, 4) is 0 Å². The number of benzene rings is 1. The van der Waals surface area contributed by atoms with Gasteiger partial charge in [-0.3, -0.25) is 14.4 Å². The van der Waals surface area contributed by atoms with Crippen molar-refractivity contribution >= 4 is 33.7 Å². The van der Waals surface area contributed by atoms with Crippen LogP contribution in [0.2, 0.25) is 0 Å². The molecule has 0 spiro atoms. The predicted octanol–water partition coefficient (Wildman–Crippen LogP) is 4.51. The van der Waals surface area contributed by atoms with Crippen LogP contribution >= 0.6 is 15.9 Å². The number of carbonyl (C=O) groups excluding carboxylic acids is 2. The van der Waals surface area contributed by atoms with Gasteiger partial charge in [-0.15, -0.1) is 0 Å². The van der Waals surface area contributed by atoms with Gasteiger partial charge in [0.25, 0.3) is 0 Å². The third kappa shape index (κ3) is 5.41. The summed E-state index contributed by atoms with van der Waals surface area (Å²) in [5.41, 5.74) is 1.10. The zero-order valence-electron chi connectivity index (χ0n) is 16.1. The molecule has 1 saturated carbocycles. The molecule has 1 fully saturated rings. The first-order valence-corrected chi connectivity index (χ1v) is 9.99. The van der Waals surface area contributed by atoms with Gasteiger partial charge in [0.05, 0.1) is 17.9 Å². The Balaban J connectivity index is 2.21. The van der Waals surface area contributed by atoms with Gasteiger partial charge >= 0.3 is 11.9 Å². The Kier molecular flexibility index (Phi) is 6.84. The lowest BCUT2D eigenvalue weighted by Gasteiger charge is -2.39. The summed E-state index contributed by atoms with van der Waals surface area (Å²) in [6, 6.07) is 7.33. The molecule has 0 aliphatic heterocycles. The molecule has 148 valence electrons. The number of methoxy groups -OCH3 is 1. The van der Waals surface area contributed by atoms with Gasteiger partial charge in [-0.2, -0.15) is 0 Å². The molecule has 0 heterocycles. The predicted molar refractivity (Wildman–Crippen MR) is 106 cm³/mol. The van der Waals surface area contributed by atoms with Crippen molar-refractivity contribution in [3.05, 3.63) is 35.4 Å². The van der Waals surface area contributed by atoms with Gasteiger partial charge < -0.3 is 9.84 Å². The fourth-order valence-corrected chi connectivity index (χ4v) is 4.16. The lowest BCUT2D eigenvalue weighted by Crippen LogP contribution is -2.35. The number of halogens is 1. The Bertz CT molecular complexity index is 694. The molecule has 1 aliphatic rings. The number of carbonyl (C=O) groups is 3. The van der Waals surface area contributed by atoms with Crippen LogP contribution in [0.15, 0.2) is 24.3 Å². The normalized spacial score (nSPS) is 22.9. The summed E-state index contributed by atoms with van der Waals surface area (Å²) < 4.78 is 4.11. The van der Waals surface area contributed by atoms with Gasteiger partial charge in [0.2, 0.25) is 0 Å². The Labute approximate surface area is 168 Å². The van der Waals surface area contributed by atoms with Crippen molar-refractivity contribution in [1.82, 2.24) is 0 Å². The smallest absolute Gasteiger partial charge is 0.305 e. The van der Waals surface area contributed by atoms with E-state index in [0.29, 0.717) is 24.8 Å². The second-order valence-corrected chi connectivity index (χ2v) is 9.94. The first kappa shape index (κ1) is 21.6. The zero-order valence-corrected chi connectivity index (χ0v) is 17.7. The van der Waals surface area contributed by atoms with E-state index in [1.807, 2.05) is 12.1 Å². The molecule has 0 unspecified atom stereocenters. The highest BCUT2D eigenvalue weighted by atomic mass is 79.9. The number of carboxylic acids is 1. The highest BCUT2D eigenvalue weighted by Gasteiger charge is 2.39. The van der Waals surface area contributed by atoms with Crippen molar-refractivity contribution in [3.63, 3.8) is 0 Å². The van der Waals surface area contributed by atoms with Gasteiger partial charge in [-0.25, -0.2) is 0 Å². The highest BCUT2D eigenvalue weighted by molar-refractivity contribution is 9.10. The van der Waals surface area contributed by atoms with Crippen LogP contribution in [-0.2, 0) is 19.7 Å². The van der Waals surface area contributed by atoms with Crippen LogP contribution in [0.25, 0.3) is 0 Å². The number of rotatable bonds is 7. The van der Waals surface area contributed by atoms with E-state index in [4.69, 9.17) is 4.74 Å². The van der Waals surface area contributed by atoms with Gasteiger partial charge in [-0.1, -0.05) is 40.2 Å². The van der Waals surface area contributed by atoms with Crippen LogP contribution in [0.5, 0.6) is 0 Å². The van der Waals surface area contributed by atoms with E-state index >= 15 is 0 Å². The van der Waals surface area contributed by atoms with Crippen LogP contribution in [0.1, 0.15) is 68.3 Å². The summed E-state index contributed by atoms with van der Waals surface area (Å²) in [6.45, 7) is 3.61. The van der Waals surface area contributed by atoms with Crippen LogP contribution in [0.3, 0.4) is 0 Å². The van der Waals surface area contributed by atoms with E-state index in [2.05, 4.69) is 15.9 Å². The van der Waals surface area contributed by atoms with E-state index in [1.54, 1.807) is 26.0 Å². The number of Topliss-reactive ketones (excluding diaryl/α,β-unsaturated/α-hetero) is 1. The number of ketones is 1. The lowest BCUT2D eigenvalue weighted by molar-refractivity contribution is -0.143. The van der Waals surface area contributed by atoms with Gasteiger partial charge in [0.1, 0.15) is 0 Å². The van der Waals surface area contributed by atoms with Crippen molar-refractivity contribution in [2.24, 2.45) is 5.92 Å². The largest absolute Gasteiger partial charge is 0.481 e. The van der Waals surface area contributed by atoms with Gasteiger partial charge in [0, 0.05) is 17.4 Å². The molecule has 2 rings (SSSR count). The van der Waals surface area contributed by atoms with Crippen LogP contribution in [0, 0.1) is 5.92 Å². The Morgan fingerprint density at radius 1 is 1.19 bits per heavy atom. The molecule has 1 aliphatic carbocycles. The minimum atomic E-state index is -0.830. The zero-order chi connectivity index (χ0) is 20.2. The third-order valence-corrected chi connectivity index (χ3v) is 5.89. The number of alkyl halides is 1. The number of carboxylic acid groups (broad SMARTS) is 1. The molecule has 0 amide bonds. The Hall–Kier alpha value is -1.69. The summed E-state index contributed by atoms with van der Waals surface area (Å²) in [7, 11) is 1.39. The average molecular weight is 439 g/mol. The van der Waals surface area contributed by atoms with Crippen LogP contribution in [-0.4, -0.2) is 34.3 Å². The molecule has 0 bridgehead atoms. The first-order valence-electron chi connectivity index (χ1n) is 9.20. The number of aliphatic carboxylic acids is 1. The van der Waals surface area contributed by atoms with Gasteiger partial charge in [-0.05, 0) is 51.0 Å². The standard InChI is InChI=1S/C21H27BrO5/c1-20(2,22)19(26)15-4-6-16(7-5-15)21(13-17(23)24)10-8-14(9-11-21)12-18(25)27-3/h4-7,14H,8-13H2,1-3H3,(H,23,24). The van der Waals surface area contributed by atoms with E-state index in [1.165, 1.54) is 7.11 Å². The highest BCUT2D eigenvalue weighted by Crippen LogP contribution is 2.45. The summed E-state index contributed by atoms with van der Waals surface area (Å²) in [5.74, 6) is -0.827. The van der Waals surface area contributed by atoms with Crippen molar-refractivity contribution in [2.75, 3.05) is 7.11 Å². The average Bonchev–Trinajstić information content (AvgIpc) is 2.61.